The minimum atomic E-state index is -4.40. The van der Waals surface area contributed by atoms with Gasteiger partial charge in [-0.2, -0.15) is 13.2 Å². The molecule has 1 saturated heterocycles. The van der Waals surface area contributed by atoms with E-state index < -0.39 is 17.7 Å². The van der Waals surface area contributed by atoms with Crippen LogP contribution in [0.15, 0.2) is 24.3 Å². The maximum atomic E-state index is 12.9. The summed E-state index contributed by atoms with van der Waals surface area (Å²) in [6.07, 6.45) is -3.18. The number of piperidine rings is 1. The van der Waals surface area contributed by atoms with Gasteiger partial charge in [-0.25, -0.2) is 5.84 Å². The highest BCUT2D eigenvalue weighted by Gasteiger charge is 2.37. The Balaban J connectivity index is 2.42. The first kappa shape index (κ1) is 12.9. The fourth-order valence-electron chi connectivity index (χ4n) is 2.28. The van der Waals surface area contributed by atoms with E-state index in [0.29, 0.717) is 19.4 Å². The van der Waals surface area contributed by atoms with E-state index in [1.807, 2.05) is 0 Å². The van der Waals surface area contributed by atoms with Gasteiger partial charge in [-0.3, -0.25) is 10.4 Å². The Morgan fingerprint density at radius 3 is 2.61 bits per heavy atom. The summed E-state index contributed by atoms with van der Waals surface area (Å²) < 4.78 is 38.7. The molecular weight excluding hydrogens is 243 g/mol. The van der Waals surface area contributed by atoms with Crippen molar-refractivity contribution in [2.75, 3.05) is 6.54 Å². The first-order chi connectivity index (χ1) is 8.41. The molecule has 1 aromatic carbocycles. The molecule has 0 aromatic heterocycles. The van der Waals surface area contributed by atoms with Gasteiger partial charge in [0.1, 0.15) is 5.84 Å². The molecule has 1 aromatic rings. The number of amidine groups is 1. The second-order valence-electron chi connectivity index (χ2n) is 4.36. The Morgan fingerprint density at radius 1 is 1.28 bits per heavy atom. The number of benzene rings is 1. The smallest absolute Gasteiger partial charge is 0.298 e. The minimum absolute atomic E-state index is 0.0537. The van der Waals surface area contributed by atoms with Gasteiger partial charge in [0, 0.05) is 12.5 Å². The summed E-state index contributed by atoms with van der Waals surface area (Å²) >= 11 is 0. The summed E-state index contributed by atoms with van der Waals surface area (Å²) in [7, 11) is 0. The van der Waals surface area contributed by atoms with Crippen molar-refractivity contribution in [3.8, 4) is 0 Å². The Morgan fingerprint density at radius 2 is 1.94 bits per heavy atom. The van der Waals surface area contributed by atoms with Crippen LogP contribution in [0.4, 0.5) is 13.2 Å². The molecule has 0 saturated carbocycles. The zero-order valence-corrected chi connectivity index (χ0v) is 9.67. The zero-order chi connectivity index (χ0) is 13.3. The molecule has 1 unspecified atom stereocenters. The average molecular weight is 257 g/mol. The lowest BCUT2D eigenvalue weighted by Crippen LogP contribution is -2.44. The third-order valence-electron chi connectivity index (χ3n) is 3.17. The number of nitrogens with two attached hydrogens (primary N) is 1. The zero-order valence-electron chi connectivity index (χ0n) is 9.67. The molecule has 0 radical (unpaired) electrons. The monoisotopic (exact) mass is 257 g/mol. The first-order valence-corrected chi connectivity index (χ1v) is 5.68. The molecule has 1 heterocycles. The number of nitrogens with one attached hydrogen (secondary N) is 1. The van der Waals surface area contributed by atoms with Gasteiger partial charge in [-0.1, -0.05) is 18.2 Å². The van der Waals surface area contributed by atoms with Crippen LogP contribution < -0.4 is 5.84 Å². The van der Waals surface area contributed by atoms with Crippen molar-refractivity contribution < 1.29 is 13.2 Å². The molecule has 0 bridgehead atoms. The molecule has 3 nitrogen and oxygen atoms in total. The number of alkyl halides is 3. The largest absolute Gasteiger partial charge is 0.416 e. The van der Waals surface area contributed by atoms with Crippen molar-refractivity contribution in [3.05, 3.63) is 35.4 Å². The molecule has 6 heteroatoms. The lowest BCUT2D eigenvalue weighted by molar-refractivity contribution is -0.138. The fourth-order valence-corrected chi connectivity index (χ4v) is 2.28. The number of hydrogen-bond donors (Lipinski definition) is 2. The van der Waals surface area contributed by atoms with Crippen molar-refractivity contribution in [2.24, 2.45) is 5.84 Å². The van der Waals surface area contributed by atoms with Crippen molar-refractivity contribution in [3.63, 3.8) is 0 Å². The highest BCUT2D eigenvalue weighted by molar-refractivity contribution is 5.86. The summed E-state index contributed by atoms with van der Waals surface area (Å²) in [5, 5.41) is 9.05. The second kappa shape index (κ2) is 4.61. The van der Waals surface area contributed by atoms with Gasteiger partial charge in [-0.05, 0) is 24.5 Å². The Bertz CT molecular complexity index is 456. The van der Waals surface area contributed by atoms with Gasteiger partial charge >= 0.3 is 6.18 Å². The van der Waals surface area contributed by atoms with Crippen LogP contribution in [0, 0.1) is 5.41 Å². The Labute approximate surface area is 103 Å². The standard InChI is InChI=1S/C12H14F3N3/c13-12(14,15)10-6-2-1-4-8(10)9-5-3-7-18(17)11(9)16/h1-2,4,6,9,16H,3,5,7,17H2. The SMILES string of the molecule is N=C1C(c2ccccc2C(F)(F)F)CCCN1N. The van der Waals surface area contributed by atoms with Crippen LogP contribution in [-0.2, 0) is 6.18 Å². The molecule has 1 aliphatic heterocycles. The summed E-state index contributed by atoms with van der Waals surface area (Å²) in [5.41, 5.74) is -0.528. The molecule has 98 valence electrons. The summed E-state index contributed by atoms with van der Waals surface area (Å²) in [6, 6.07) is 5.41. The van der Waals surface area contributed by atoms with Gasteiger partial charge in [0.05, 0.1) is 5.56 Å². The second-order valence-corrected chi connectivity index (χ2v) is 4.36. The minimum Gasteiger partial charge on any atom is -0.298 e. The maximum absolute atomic E-state index is 12.9. The maximum Gasteiger partial charge on any atom is 0.416 e. The fraction of sp³-hybridized carbons (Fsp3) is 0.417. The highest BCUT2D eigenvalue weighted by Crippen LogP contribution is 2.38. The van der Waals surface area contributed by atoms with Gasteiger partial charge in [-0.15, -0.1) is 0 Å². The van der Waals surface area contributed by atoms with Gasteiger partial charge in [0.2, 0.25) is 0 Å². The Hall–Kier alpha value is -1.56. The number of rotatable bonds is 1. The van der Waals surface area contributed by atoms with Crippen LogP contribution in [0.2, 0.25) is 0 Å². The quantitative estimate of drug-likeness (QED) is 0.760. The topological polar surface area (TPSA) is 53.1 Å². The van der Waals surface area contributed by atoms with E-state index >= 15 is 0 Å². The first-order valence-electron chi connectivity index (χ1n) is 5.68. The van der Waals surface area contributed by atoms with Crippen LogP contribution in [0.3, 0.4) is 0 Å². The molecule has 1 fully saturated rings. The summed E-state index contributed by atoms with van der Waals surface area (Å²) in [5.74, 6) is 5.08. The Kier molecular flexibility index (Phi) is 3.30. The van der Waals surface area contributed by atoms with E-state index in [1.165, 1.54) is 17.1 Å². The highest BCUT2D eigenvalue weighted by atomic mass is 19.4. The lowest BCUT2D eigenvalue weighted by Gasteiger charge is -2.32. The predicted molar refractivity (Wildman–Crippen MR) is 62.0 cm³/mol. The molecule has 0 spiro atoms. The van der Waals surface area contributed by atoms with Crippen LogP contribution in [-0.4, -0.2) is 17.4 Å². The van der Waals surface area contributed by atoms with Crippen molar-refractivity contribution in [1.29, 1.82) is 5.41 Å². The molecule has 1 aliphatic rings. The number of nitrogens with zero attached hydrogens (tertiary/aromatic N) is 1. The van der Waals surface area contributed by atoms with Crippen molar-refractivity contribution >= 4 is 5.84 Å². The molecule has 18 heavy (non-hydrogen) atoms. The van der Waals surface area contributed by atoms with Crippen molar-refractivity contribution in [2.45, 2.75) is 24.9 Å². The number of hydrazine groups is 1. The van der Waals surface area contributed by atoms with Gasteiger partial charge in [0.25, 0.3) is 0 Å². The normalized spacial score (nSPS) is 21.2. The predicted octanol–water partition coefficient (Wildman–Crippen LogP) is 2.74. The van der Waals surface area contributed by atoms with E-state index in [0.717, 1.165) is 6.07 Å². The number of hydrogen-bond acceptors (Lipinski definition) is 2. The van der Waals surface area contributed by atoms with Crippen LogP contribution in [0.5, 0.6) is 0 Å². The number of halogens is 3. The molecule has 0 amide bonds. The van der Waals surface area contributed by atoms with E-state index in [-0.39, 0.29) is 11.4 Å². The van der Waals surface area contributed by atoms with Crippen LogP contribution in [0.1, 0.15) is 29.9 Å². The van der Waals surface area contributed by atoms with E-state index in [1.54, 1.807) is 6.07 Å². The molecular formula is C12H14F3N3. The van der Waals surface area contributed by atoms with E-state index in [2.05, 4.69) is 0 Å². The van der Waals surface area contributed by atoms with Crippen LogP contribution in [0.25, 0.3) is 0 Å². The van der Waals surface area contributed by atoms with Crippen LogP contribution >= 0.6 is 0 Å². The van der Waals surface area contributed by atoms with E-state index in [9.17, 15) is 13.2 Å². The summed E-state index contributed by atoms with van der Waals surface area (Å²) in [4.78, 5) is 0. The molecule has 1 atom stereocenters. The van der Waals surface area contributed by atoms with E-state index in [4.69, 9.17) is 11.3 Å². The summed E-state index contributed by atoms with van der Waals surface area (Å²) in [6.45, 7) is 0.517. The average Bonchev–Trinajstić information content (AvgIpc) is 2.32. The molecule has 3 N–H and O–H groups in total. The lowest BCUT2D eigenvalue weighted by atomic mass is 9.87. The third-order valence-corrected chi connectivity index (χ3v) is 3.17. The van der Waals surface area contributed by atoms with Crippen molar-refractivity contribution in [1.82, 2.24) is 5.01 Å². The van der Waals surface area contributed by atoms with Gasteiger partial charge < -0.3 is 0 Å². The molecule has 0 aliphatic carbocycles. The third kappa shape index (κ3) is 2.33. The van der Waals surface area contributed by atoms with Gasteiger partial charge in [0.15, 0.2) is 0 Å². The molecule has 2 rings (SSSR count).